The molecule has 1 aromatic heterocycles. The summed E-state index contributed by atoms with van der Waals surface area (Å²) in [6, 6.07) is 9.24. The molecule has 0 spiro atoms. The number of pyridine rings is 1. The zero-order valence-electron chi connectivity index (χ0n) is 13.1. The summed E-state index contributed by atoms with van der Waals surface area (Å²) in [5.74, 6) is 1.16. The summed E-state index contributed by atoms with van der Waals surface area (Å²) in [5.41, 5.74) is 1.86. The maximum Gasteiger partial charge on any atom is 0.165 e. The summed E-state index contributed by atoms with van der Waals surface area (Å²) in [4.78, 5) is 4.30. The van der Waals surface area contributed by atoms with E-state index in [1.54, 1.807) is 18.3 Å². The van der Waals surface area contributed by atoms with Gasteiger partial charge in [-0.1, -0.05) is 23.7 Å². The number of aromatic nitrogens is 1. The number of hydrogen-bond acceptors (Lipinski definition) is 4. The first-order valence-electron chi connectivity index (χ1n) is 7.96. The molecule has 5 heteroatoms. The van der Waals surface area contributed by atoms with Crippen LogP contribution in [0.15, 0.2) is 36.5 Å². The molecule has 2 heterocycles. The Balaban J connectivity index is 1.85. The standard InChI is InChI=1S/C18H21ClN2O2/c1-12(16-6-5-14(19)11-21-16)23-18-15(3-2-4-17(18)22)13-7-9-20-10-8-13/h2-6,11-13,20,22H,7-10H2,1H3. The van der Waals surface area contributed by atoms with E-state index in [0.717, 1.165) is 37.2 Å². The molecule has 4 nitrogen and oxygen atoms in total. The van der Waals surface area contributed by atoms with Crippen LogP contribution in [0.1, 0.15) is 43.0 Å². The third-order valence-corrected chi connectivity index (χ3v) is 4.49. The van der Waals surface area contributed by atoms with Crippen molar-refractivity contribution in [2.75, 3.05) is 13.1 Å². The Kier molecular flexibility index (Phi) is 5.03. The third-order valence-electron chi connectivity index (χ3n) is 4.27. The van der Waals surface area contributed by atoms with E-state index >= 15 is 0 Å². The summed E-state index contributed by atoms with van der Waals surface area (Å²) < 4.78 is 6.08. The van der Waals surface area contributed by atoms with Gasteiger partial charge in [0.1, 0.15) is 6.10 Å². The van der Waals surface area contributed by atoms with Gasteiger partial charge in [0.25, 0.3) is 0 Å². The molecule has 1 aliphatic heterocycles. The third kappa shape index (κ3) is 3.77. The summed E-state index contributed by atoms with van der Waals surface area (Å²) in [6.07, 6.45) is 3.44. The molecule has 3 rings (SSSR count). The lowest BCUT2D eigenvalue weighted by molar-refractivity contribution is 0.208. The molecular weight excluding hydrogens is 312 g/mol. The lowest BCUT2D eigenvalue weighted by Gasteiger charge is -2.26. The smallest absolute Gasteiger partial charge is 0.165 e. The second-order valence-electron chi connectivity index (χ2n) is 5.88. The minimum Gasteiger partial charge on any atom is -0.504 e. The van der Waals surface area contributed by atoms with Crippen LogP contribution in [0, 0.1) is 0 Å². The van der Waals surface area contributed by atoms with Crippen molar-refractivity contribution in [3.05, 3.63) is 52.8 Å². The van der Waals surface area contributed by atoms with Crippen LogP contribution >= 0.6 is 11.6 Å². The number of nitrogens with one attached hydrogen (secondary N) is 1. The van der Waals surface area contributed by atoms with Crippen molar-refractivity contribution >= 4 is 11.6 Å². The highest BCUT2D eigenvalue weighted by molar-refractivity contribution is 6.30. The van der Waals surface area contributed by atoms with Crippen molar-refractivity contribution in [2.45, 2.75) is 31.8 Å². The van der Waals surface area contributed by atoms with Crippen molar-refractivity contribution < 1.29 is 9.84 Å². The summed E-state index contributed by atoms with van der Waals surface area (Å²) in [7, 11) is 0. The molecule has 2 N–H and O–H groups in total. The van der Waals surface area contributed by atoms with Gasteiger partial charge in [-0.2, -0.15) is 0 Å². The molecule has 1 fully saturated rings. The Morgan fingerprint density at radius 2 is 2.04 bits per heavy atom. The molecular formula is C18H21ClN2O2. The highest BCUT2D eigenvalue weighted by Crippen LogP contribution is 2.40. The summed E-state index contributed by atoms with van der Waals surface area (Å²) in [5, 5.41) is 14.2. The van der Waals surface area contributed by atoms with Crippen molar-refractivity contribution in [1.29, 1.82) is 0 Å². The Labute approximate surface area is 141 Å². The van der Waals surface area contributed by atoms with Gasteiger partial charge in [-0.05, 0) is 57.0 Å². The highest BCUT2D eigenvalue weighted by atomic mass is 35.5. The maximum absolute atomic E-state index is 10.3. The molecule has 0 saturated carbocycles. The van der Waals surface area contributed by atoms with Crippen LogP contribution in [-0.4, -0.2) is 23.2 Å². The average molecular weight is 333 g/mol. The van der Waals surface area contributed by atoms with E-state index in [-0.39, 0.29) is 11.9 Å². The van der Waals surface area contributed by atoms with Gasteiger partial charge in [-0.3, -0.25) is 4.98 Å². The molecule has 1 aromatic carbocycles. The minimum absolute atomic E-state index is 0.182. The van der Waals surface area contributed by atoms with Gasteiger partial charge in [0.05, 0.1) is 10.7 Å². The lowest BCUT2D eigenvalue weighted by Crippen LogP contribution is -2.27. The van der Waals surface area contributed by atoms with E-state index in [4.69, 9.17) is 16.3 Å². The Bertz CT molecular complexity index is 655. The van der Waals surface area contributed by atoms with E-state index in [0.29, 0.717) is 16.7 Å². The van der Waals surface area contributed by atoms with Crippen molar-refractivity contribution in [2.24, 2.45) is 0 Å². The lowest BCUT2D eigenvalue weighted by atomic mass is 9.89. The van der Waals surface area contributed by atoms with Gasteiger partial charge in [0.2, 0.25) is 0 Å². The number of hydrogen-bond donors (Lipinski definition) is 2. The number of phenolic OH excluding ortho intramolecular Hbond substituents is 1. The molecule has 1 saturated heterocycles. The quantitative estimate of drug-likeness (QED) is 0.887. The van der Waals surface area contributed by atoms with Crippen LogP contribution in [-0.2, 0) is 0 Å². The first-order valence-corrected chi connectivity index (χ1v) is 8.33. The summed E-state index contributed by atoms with van der Waals surface area (Å²) in [6.45, 7) is 3.91. The predicted octanol–water partition coefficient (Wildman–Crippen LogP) is 4.05. The van der Waals surface area contributed by atoms with Crippen LogP contribution in [0.4, 0.5) is 0 Å². The van der Waals surface area contributed by atoms with Crippen LogP contribution in [0.3, 0.4) is 0 Å². The number of ether oxygens (including phenoxy) is 1. The van der Waals surface area contributed by atoms with E-state index in [1.807, 2.05) is 25.1 Å². The Morgan fingerprint density at radius 3 is 2.74 bits per heavy atom. The number of nitrogens with zero attached hydrogens (tertiary/aromatic N) is 1. The monoisotopic (exact) mass is 332 g/mol. The van der Waals surface area contributed by atoms with Crippen molar-refractivity contribution in [3.63, 3.8) is 0 Å². The second kappa shape index (κ2) is 7.20. The number of halogens is 1. The van der Waals surface area contributed by atoms with Gasteiger partial charge >= 0.3 is 0 Å². The number of piperidine rings is 1. The molecule has 2 aromatic rings. The molecule has 0 radical (unpaired) electrons. The van der Waals surface area contributed by atoms with Gasteiger partial charge < -0.3 is 15.2 Å². The van der Waals surface area contributed by atoms with E-state index < -0.39 is 0 Å². The SMILES string of the molecule is CC(Oc1c(O)cccc1C1CCNCC1)c1ccc(Cl)cn1. The number of para-hydroxylation sites is 1. The van der Waals surface area contributed by atoms with Crippen LogP contribution in [0.2, 0.25) is 5.02 Å². The Hall–Kier alpha value is -1.78. The first kappa shape index (κ1) is 16.1. The largest absolute Gasteiger partial charge is 0.504 e. The molecule has 1 atom stereocenters. The molecule has 23 heavy (non-hydrogen) atoms. The van der Waals surface area contributed by atoms with Crippen molar-refractivity contribution in [3.8, 4) is 11.5 Å². The van der Waals surface area contributed by atoms with Crippen LogP contribution in [0.25, 0.3) is 0 Å². The summed E-state index contributed by atoms with van der Waals surface area (Å²) >= 11 is 5.88. The predicted molar refractivity (Wildman–Crippen MR) is 91.2 cm³/mol. The number of phenols is 1. The van der Waals surface area contributed by atoms with E-state index in [2.05, 4.69) is 10.3 Å². The highest BCUT2D eigenvalue weighted by Gasteiger charge is 2.22. The molecule has 122 valence electrons. The zero-order chi connectivity index (χ0) is 16.2. The first-order chi connectivity index (χ1) is 11.1. The topological polar surface area (TPSA) is 54.4 Å². The normalized spacial score (nSPS) is 17.0. The number of rotatable bonds is 4. The maximum atomic E-state index is 10.3. The molecule has 0 bridgehead atoms. The van der Waals surface area contributed by atoms with Crippen LogP contribution < -0.4 is 10.1 Å². The van der Waals surface area contributed by atoms with Gasteiger partial charge in [0.15, 0.2) is 11.5 Å². The van der Waals surface area contributed by atoms with Crippen molar-refractivity contribution in [1.82, 2.24) is 10.3 Å². The number of benzene rings is 1. The van der Waals surface area contributed by atoms with E-state index in [9.17, 15) is 5.11 Å². The molecule has 1 aliphatic rings. The minimum atomic E-state index is -0.263. The fourth-order valence-corrected chi connectivity index (χ4v) is 3.10. The van der Waals surface area contributed by atoms with Crippen LogP contribution in [0.5, 0.6) is 11.5 Å². The number of aromatic hydroxyl groups is 1. The molecule has 0 amide bonds. The molecule has 1 unspecified atom stereocenters. The fourth-order valence-electron chi connectivity index (χ4n) is 2.99. The zero-order valence-corrected chi connectivity index (χ0v) is 13.9. The van der Waals surface area contributed by atoms with Gasteiger partial charge in [-0.15, -0.1) is 0 Å². The van der Waals surface area contributed by atoms with Gasteiger partial charge in [0, 0.05) is 11.8 Å². The second-order valence-corrected chi connectivity index (χ2v) is 6.32. The Morgan fingerprint density at radius 1 is 1.26 bits per heavy atom. The average Bonchev–Trinajstić information content (AvgIpc) is 2.58. The van der Waals surface area contributed by atoms with Gasteiger partial charge in [-0.25, -0.2) is 0 Å². The fraction of sp³-hybridized carbons (Fsp3) is 0.389. The van der Waals surface area contributed by atoms with E-state index in [1.165, 1.54) is 0 Å². The molecule has 0 aliphatic carbocycles.